The zero-order valence-electron chi connectivity index (χ0n) is 18.5. The van der Waals surface area contributed by atoms with Gasteiger partial charge >= 0.3 is 0 Å². The number of aliphatic imine (C=N–C) groups is 1. The quantitative estimate of drug-likeness (QED) is 0.172. The summed E-state index contributed by atoms with van der Waals surface area (Å²) in [6.07, 6.45) is 6.37. The molecular formula is C22H34IN7. The lowest BCUT2D eigenvalue weighted by Gasteiger charge is -2.12. The van der Waals surface area contributed by atoms with Crippen LogP contribution in [0.2, 0.25) is 0 Å². The predicted octanol–water partition coefficient (Wildman–Crippen LogP) is 3.86. The van der Waals surface area contributed by atoms with Crippen LogP contribution in [0, 0.1) is 6.92 Å². The van der Waals surface area contributed by atoms with E-state index in [0.29, 0.717) is 6.54 Å². The first-order valence-electron chi connectivity index (χ1n) is 10.6. The summed E-state index contributed by atoms with van der Waals surface area (Å²) in [4.78, 5) is 8.16. The number of H-pyrrole nitrogens is 1. The number of hydrogen-bond donors (Lipinski definition) is 3. The zero-order valence-corrected chi connectivity index (χ0v) is 20.8. The lowest BCUT2D eigenvalue weighted by molar-refractivity contribution is 0.714. The van der Waals surface area contributed by atoms with Gasteiger partial charge in [0, 0.05) is 37.2 Å². The third kappa shape index (κ3) is 5.96. The Morgan fingerprint density at radius 2 is 1.93 bits per heavy atom. The van der Waals surface area contributed by atoms with Crippen LogP contribution in [-0.2, 0) is 26.4 Å². The normalized spacial score (nSPS) is 11.5. The Bertz CT molecular complexity index is 958. The Morgan fingerprint density at radius 1 is 1.13 bits per heavy atom. The van der Waals surface area contributed by atoms with Gasteiger partial charge in [-0.3, -0.25) is 0 Å². The fraction of sp³-hybridized carbons (Fsp3) is 0.500. The van der Waals surface area contributed by atoms with Crippen LogP contribution in [-0.4, -0.2) is 38.8 Å². The van der Waals surface area contributed by atoms with Crippen LogP contribution in [0.25, 0.3) is 10.9 Å². The minimum atomic E-state index is 0. The summed E-state index contributed by atoms with van der Waals surface area (Å²) in [6.45, 7) is 8.57. The number of fused-ring (bicyclic) bond motifs is 1. The minimum absolute atomic E-state index is 0. The highest BCUT2D eigenvalue weighted by Crippen LogP contribution is 2.22. The van der Waals surface area contributed by atoms with Crippen molar-refractivity contribution in [2.75, 3.05) is 13.1 Å². The van der Waals surface area contributed by atoms with Gasteiger partial charge in [-0.2, -0.15) is 0 Å². The van der Waals surface area contributed by atoms with Gasteiger partial charge < -0.3 is 20.2 Å². The molecule has 1 aromatic carbocycles. The summed E-state index contributed by atoms with van der Waals surface area (Å²) in [7, 11) is 1.97. The molecule has 0 aliphatic rings. The van der Waals surface area contributed by atoms with Crippen LogP contribution < -0.4 is 10.6 Å². The van der Waals surface area contributed by atoms with E-state index in [1.54, 1.807) is 0 Å². The molecule has 8 heteroatoms. The molecule has 3 aromatic rings. The van der Waals surface area contributed by atoms with Crippen LogP contribution in [0.15, 0.2) is 29.4 Å². The molecule has 3 N–H and O–H groups in total. The van der Waals surface area contributed by atoms with E-state index in [-0.39, 0.29) is 24.0 Å². The Hall–Kier alpha value is -2.10. The van der Waals surface area contributed by atoms with Gasteiger partial charge in [0.25, 0.3) is 0 Å². The van der Waals surface area contributed by atoms with E-state index in [1.165, 1.54) is 22.0 Å². The fourth-order valence-corrected chi connectivity index (χ4v) is 3.39. The molecule has 0 saturated carbocycles. The number of rotatable bonds is 9. The third-order valence-electron chi connectivity index (χ3n) is 5.34. The maximum absolute atomic E-state index is 4.71. The molecular weight excluding hydrogens is 489 g/mol. The highest BCUT2D eigenvalue weighted by molar-refractivity contribution is 14.0. The number of aromatic nitrogens is 4. The van der Waals surface area contributed by atoms with E-state index in [4.69, 9.17) is 4.99 Å². The van der Waals surface area contributed by atoms with E-state index in [2.05, 4.69) is 64.1 Å². The van der Waals surface area contributed by atoms with Gasteiger partial charge in [-0.1, -0.05) is 38.5 Å². The van der Waals surface area contributed by atoms with Crippen LogP contribution >= 0.6 is 24.0 Å². The van der Waals surface area contributed by atoms with Gasteiger partial charge in [0.1, 0.15) is 12.4 Å². The van der Waals surface area contributed by atoms with Crippen LogP contribution in [0.4, 0.5) is 0 Å². The first-order valence-corrected chi connectivity index (χ1v) is 10.6. The smallest absolute Gasteiger partial charge is 0.191 e. The Balaban J connectivity index is 0.00000320. The lowest BCUT2D eigenvalue weighted by Crippen LogP contribution is -2.39. The monoisotopic (exact) mass is 523 g/mol. The van der Waals surface area contributed by atoms with Crippen molar-refractivity contribution in [3.63, 3.8) is 0 Å². The molecule has 0 aliphatic carbocycles. The summed E-state index contributed by atoms with van der Waals surface area (Å²) < 4.78 is 1.98. The standard InChI is InChI=1S/C22H33N7.HI/c1-5-7-12-23-22(26-15-20-28-27-16(3)29(20)4)24-13-11-18-14-25-21-17(6-2)9-8-10-19(18)21;/h8-10,14,25H,5-7,11-13,15H2,1-4H3,(H2,23,24,26);1H. The van der Waals surface area contributed by atoms with Crippen LogP contribution in [0.3, 0.4) is 0 Å². The van der Waals surface area contributed by atoms with Gasteiger partial charge in [-0.25, -0.2) is 4.99 Å². The number of benzene rings is 1. The third-order valence-corrected chi connectivity index (χ3v) is 5.34. The minimum Gasteiger partial charge on any atom is -0.361 e. The highest BCUT2D eigenvalue weighted by Gasteiger charge is 2.08. The van der Waals surface area contributed by atoms with Crippen LogP contribution in [0.5, 0.6) is 0 Å². The second-order valence-electron chi connectivity index (χ2n) is 7.35. The number of guanidine groups is 1. The van der Waals surface area contributed by atoms with Crippen molar-refractivity contribution >= 4 is 40.8 Å². The Labute approximate surface area is 196 Å². The van der Waals surface area contributed by atoms with Gasteiger partial charge in [-0.05, 0) is 37.3 Å². The van der Waals surface area contributed by atoms with E-state index in [1.807, 2.05) is 18.5 Å². The summed E-state index contributed by atoms with van der Waals surface area (Å²) in [5.41, 5.74) is 3.96. The fourth-order valence-electron chi connectivity index (χ4n) is 3.39. The first kappa shape index (κ1) is 24.2. The number of unbranched alkanes of at least 4 members (excludes halogenated alkanes) is 1. The van der Waals surface area contributed by atoms with Gasteiger partial charge in [0.05, 0.1) is 0 Å². The van der Waals surface area contributed by atoms with E-state index in [9.17, 15) is 0 Å². The molecule has 0 spiro atoms. The first-order chi connectivity index (χ1) is 14.1. The van der Waals surface area contributed by atoms with Crippen molar-refractivity contribution in [2.24, 2.45) is 12.0 Å². The molecule has 0 atom stereocenters. The van der Waals surface area contributed by atoms with Crippen molar-refractivity contribution in [3.8, 4) is 0 Å². The average molecular weight is 523 g/mol. The van der Waals surface area contributed by atoms with Crippen molar-refractivity contribution in [2.45, 2.75) is 53.0 Å². The lowest BCUT2D eigenvalue weighted by atomic mass is 10.1. The molecule has 0 aliphatic heterocycles. The summed E-state index contributed by atoms with van der Waals surface area (Å²) in [6, 6.07) is 6.54. The second-order valence-corrected chi connectivity index (χ2v) is 7.35. The van der Waals surface area contributed by atoms with Crippen molar-refractivity contribution < 1.29 is 0 Å². The topological polar surface area (TPSA) is 82.9 Å². The largest absolute Gasteiger partial charge is 0.361 e. The zero-order chi connectivity index (χ0) is 20.6. The molecule has 0 fully saturated rings. The molecule has 2 aromatic heterocycles. The number of aromatic amines is 1. The molecule has 0 saturated heterocycles. The van der Waals surface area contributed by atoms with Crippen LogP contribution in [0.1, 0.15) is 49.5 Å². The molecule has 0 unspecified atom stereocenters. The molecule has 0 bridgehead atoms. The number of nitrogens with one attached hydrogen (secondary N) is 3. The maximum atomic E-state index is 4.71. The molecule has 30 heavy (non-hydrogen) atoms. The van der Waals surface area contributed by atoms with Crippen molar-refractivity contribution in [1.82, 2.24) is 30.4 Å². The second kappa shape index (κ2) is 11.9. The van der Waals surface area contributed by atoms with Crippen molar-refractivity contribution in [1.29, 1.82) is 0 Å². The Kier molecular flexibility index (Phi) is 9.61. The van der Waals surface area contributed by atoms with Crippen molar-refractivity contribution in [3.05, 3.63) is 47.2 Å². The van der Waals surface area contributed by atoms with E-state index < -0.39 is 0 Å². The SMILES string of the molecule is CCCCNC(=NCc1nnc(C)n1C)NCCc1c[nH]c2c(CC)cccc12.I. The number of para-hydroxylation sites is 1. The molecule has 7 nitrogen and oxygen atoms in total. The predicted molar refractivity (Wildman–Crippen MR) is 135 cm³/mol. The summed E-state index contributed by atoms with van der Waals surface area (Å²) in [5.74, 6) is 2.59. The maximum Gasteiger partial charge on any atom is 0.191 e. The average Bonchev–Trinajstić information content (AvgIpc) is 3.29. The van der Waals surface area contributed by atoms with Gasteiger partial charge in [0.15, 0.2) is 11.8 Å². The van der Waals surface area contributed by atoms with E-state index in [0.717, 1.165) is 56.4 Å². The van der Waals surface area contributed by atoms with Gasteiger partial charge in [-0.15, -0.1) is 34.2 Å². The van der Waals surface area contributed by atoms with E-state index >= 15 is 0 Å². The Morgan fingerprint density at radius 3 is 2.63 bits per heavy atom. The summed E-state index contributed by atoms with van der Waals surface area (Å²) >= 11 is 0. The number of aryl methyl sites for hydroxylation is 2. The number of nitrogens with zero attached hydrogens (tertiary/aromatic N) is 4. The molecule has 2 heterocycles. The van der Waals surface area contributed by atoms with Gasteiger partial charge in [0.2, 0.25) is 0 Å². The molecule has 0 amide bonds. The molecule has 3 rings (SSSR count). The number of hydrogen-bond acceptors (Lipinski definition) is 3. The summed E-state index contributed by atoms with van der Waals surface area (Å²) in [5, 5.41) is 16.5. The number of halogens is 1. The molecule has 0 radical (unpaired) electrons. The molecule has 164 valence electrons. The highest BCUT2D eigenvalue weighted by atomic mass is 127.